The molecule has 5 nitrogen and oxygen atoms in total. The molecule has 0 spiro atoms. The van der Waals surface area contributed by atoms with Crippen molar-refractivity contribution >= 4 is 11.9 Å². The lowest BCUT2D eigenvalue weighted by molar-refractivity contribution is -0.141. The van der Waals surface area contributed by atoms with Gasteiger partial charge in [0, 0.05) is 11.1 Å². The van der Waals surface area contributed by atoms with Crippen molar-refractivity contribution in [1.82, 2.24) is 0 Å². The summed E-state index contributed by atoms with van der Waals surface area (Å²) in [6, 6.07) is 1.77. The molecule has 0 bridgehead atoms. The second kappa shape index (κ2) is 8.24. The normalized spacial score (nSPS) is 9.88. The van der Waals surface area contributed by atoms with Crippen LogP contribution in [0.4, 0.5) is 0 Å². The minimum atomic E-state index is -0.935. The zero-order valence-electron chi connectivity index (χ0n) is 9.61. The van der Waals surface area contributed by atoms with Gasteiger partial charge < -0.3 is 9.84 Å². The number of esters is 1. The Morgan fingerprint density at radius 1 is 1.31 bits per heavy atom. The molecule has 1 N–H and O–H groups in total. The summed E-state index contributed by atoms with van der Waals surface area (Å²) in [6.45, 7) is 11.0. The fourth-order valence-electron chi connectivity index (χ4n) is 0.288. The van der Waals surface area contributed by atoms with Crippen molar-refractivity contribution in [2.45, 2.75) is 26.9 Å². The first-order valence-corrected chi connectivity index (χ1v) is 4.37. The highest BCUT2D eigenvalue weighted by molar-refractivity contribution is 5.87. The highest BCUT2D eigenvalue weighted by Gasteiger charge is 2.07. The summed E-state index contributed by atoms with van der Waals surface area (Å²) in [5.74, 6) is -1.45. The number of rotatable bonds is 3. The molecular formula is C11H15NO4. The second-order valence-electron chi connectivity index (χ2n) is 3.04. The molecule has 1 unspecified atom stereocenters. The average Bonchev–Trinajstić information content (AvgIpc) is 2.18. The molecule has 0 aliphatic rings. The van der Waals surface area contributed by atoms with E-state index in [1.807, 2.05) is 0 Å². The van der Waals surface area contributed by atoms with Gasteiger partial charge in [-0.15, -0.1) is 0 Å². The SMILES string of the molecule is C=C(C)C(=O)O.C=C(C)C(=O)OC(C)C#N. The summed E-state index contributed by atoms with van der Waals surface area (Å²) < 4.78 is 4.56. The summed E-state index contributed by atoms with van der Waals surface area (Å²) >= 11 is 0. The lowest BCUT2D eigenvalue weighted by Gasteiger charge is -2.03. The van der Waals surface area contributed by atoms with E-state index in [2.05, 4.69) is 17.9 Å². The predicted octanol–water partition coefficient (Wildman–Crippen LogP) is 1.66. The lowest BCUT2D eigenvalue weighted by Crippen LogP contribution is -2.12. The molecule has 16 heavy (non-hydrogen) atoms. The van der Waals surface area contributed by atoms with Crippen LogP contribution in [-0.2, 0) is 14.3 Å². The molecule has 0 fully saturated rings. The summed E-state index contributed by atoms with van der Waals surface area (Å²) in [5, 5.41) is 16.1. The highest BCUT2D eigenvalue weighted by atomic mass is 16.5. The van der Waals surface area contributed by atoms with E-state index in [0.717, 1.165) is 0 Å². The molecule has 5 heteroatoms. The maximum Gasteiger partial charge on any atom is 0.334 e. The second-order valence-corrected chi connectivity index (χ2v) is 3.04. The Morgan fingerprint density at radius 2 is 1.69 bits per heavy atom. The summed E-state index contributed by atoms with van der Waals surface area (Å²) in [4.78, 5) is 20.2. The van der Waals surface area contributed by atoms with Crippen LogP contribution in [0.3, 0.4) is 0 Å². The van der Waals surface area contributed by atoms with Gasteiger partial charge in [-0.05, 0) is 20.8 Å². The van der Waals surface area contributed by atoms with Crippen LogP contribution in [0, 0.1) is 11.3 Å². The maximum atomic E-state index is 10.6. The van der Waals surface area contributed by atoms with Crippen molar-refractivity contribution < 1.29 is 19.4 Å². The molecule has 0 saturated heterocycles. The van der Waals surface area contributed by atoms with E-state index in [1.54, 1.807) is 6.07 Å². The molecule has 0 aliphatic carbocycles. The summed E-state index contributed by atoms with van der Waals surface area (Å²) in [6.07, 6.45) is -0.691. The number of carbonyl (C=O) groups excluding carboxylic acids is 1. The van der Waals surface area contributed by atoms with Crippen LogP contribution in [0.25, 0.3) is 0 Å². The number of nitrogens with zero attached hydrogens (tertiary/aromatic N) is 1. The van der Waals surface area contributed by atoms with Crippen LogP contribution in [0.1, 0.15) is 20.8 Å². The standard InChI is InChI=1S/C7H9NO2.C4H6O2/c1-5(2)7(9)10-6(3)4-8;1-3(2)4(5)6/h6H,1H2,2-3H3;1H2,2H3,(H,5,6). The Hall–Kier alpha value is -2.09. The van der Waals surface area contributed by atoms with Crippen molar-refractivity contribution in [3.63, 3.8) is 0 Å². The van der Waals surface area contributed by atoms with Crippen LogP contribution in [0.5, 0.6) is 0 Å². The molecule has 1 atom stereocenters. The monoisotopic (exact) mass is 225 g/mol. The molecular weight excluding hydrogens is 210 g/mol. The molecule has 0 aromatic carbocycles. The number of ether oxygens (including phenoxy) is 1. The fourth-order valence-corrected chi connectivity index (χ4v) is 0.288. The number of carboxylic acid groups (broad SMARTS) is 1. The molecule has 0 aromatic heterocycles. The van der Waals surface area contributed by atoms with Crippen molar-refractivity contribution in [1.29, 1.82) is 5.26 Å². The van der Waals surface area contributed by atoms with E-state index < -0.39 is 18.0 Å². The Morgan fingerprint density at radius 3 is 1.88 bits per heavy atom. The van der Waals surface area contributed by atoms with Gasteiger partial charge in [0.2, 0.25) is 0 Å². The van der Waals surface area contributed by atoms with Gasteiger partial charge in [0.15, 0.2) is 6.10 Å². The summed E-state index contributed by atoms with van der Waals surface area (Å²) in [5.41, 5.74) is 0.483. The highest BCUT2D eigenvalue weighted by Crippen LogP contribution is 1.95. The van der Waals surface area contributed by atoms with Crippen LogP contribution < -0.4 is 0 Å². The first-order chi connectivity index (χ1) is 7.22. The first-order valence-electron chi connectivity index (χ1n) is 4.37. The van der Waals surface area contributed by atoms with Crippen LogP contribution in [0.2, 0.25) is 0 Å². The molecule has 0 amide bonds. The van der Waals surface area contributed by atoms with Crippen molar-refractivity contribution in [3.05, 3.63) is 24.3 Å². The quantitative estimate of drug-likeness (QED) is 0.583. The molecule has 0 aliphatic heterocycles. The third kappa shape index (κ3) is 9.99. The van der Waals surface area contributed by atoms with E-state index in [4.69, 9.17) is 10.4 Å². The number of carboxylic acids is 1. The van der Waals surface area contributed by atoms with Gasteiger partial charge >= 0.3 is 11.9 Å². The van der Waals surface area contributed by atoms with Crippen molar-refractivity contribution in [3.8, 4) is 6.07 Å². The molecule has 0 radical (unpaired) electrons. The van der Waals surface area contributed by atoms with Crippen molar-refractivity contribution in [2.75, 3.05) is 0 Å². The third-order valence-corrected chi connectivity index (χ3v) is 1.18. The summed E-state index contributed by atoms with van der Waals surface area (Å²) in [7, 11) is 0. The van der Waals surface area contributed by atoms with E-state index in [-0.39, 0.29) is 5.57 Å². The van der Waals surface area contributed by atoms with Crippen LogP contribution in [0.15, 0.2) is 24.3 Å². The number of aliphatic carboxylic acids is 1. The van der Waals surface area contributed by atoms with Gasteiger partial charge in [-0.3, -0.25) is 0 Å². The van der Waals surface area contributed by atoms with E-state index in [9.17, 15) is 9.59 Å². The Labute approximate surface area is 94.6 Å². The minimum absolute atomic E-state index is 0.176. The van der Waals surface area contributed by atoms with Gasteiger partial charge in [-0.1, -0.05) is 13.2 Å². The smallest absolute Gasteiger partial charge is 0.334 e. The topological polar surface area (TPSA) is 87.4 Å². The van der Waals surface area contributed by atoms with E-state index in [0.29, 0.717) is 5.57 Å². The fraction of sp³-hybridized carbons (Fsp3) is 0.364. The van der Waals surface area contributed by atoms with Crippen LogP contribution >= 0.6 is 0 Å². The largest absolute Gasteiger partial charge is 0.478 e. The van der Waals surface area contributed by atoms with Gasteiger partial charge in [0.1, 0.15) is 6.07 Å². The molecule has 0 heterocycles. The van der Waals surface area contributed by atoms with Gasteiger partial charge in [0.05, 0.1) is 0 Å². The van der Waals surface area contributed by atoms with Gasteiger partial charge in [0.25, 0.3) is 0 Å². The number of carbonyl (C=O) groups is 2. The molecule has 0 rings (SSSR count). The van der Waals surface area contributed by atoms with E-state index >= 15 is 0 Å². The predicted molar refractivity (Wildman–Crippen MR) is 58.4 cm³/mol. The zero-order chi connectivity index (χ0) is 13.3. The third-order valence-electron chi connectivity index (χ3n) is 1.18. The molecule has 0 aromatic rings. The van der Waals surface area contributed by atoms with E-state index in [1.165, 1.54) is 20.8 Å². The number of hydrogen-bond donors (Lipinski definition) is 1. The Balaban J connectivity index is 0. The van der Waals surface area contributed by atoms with Gasteiger partial charge in [-0.2, -0.15) is 5.26 Å². The molecule has 0 saturated carbocycles. The lowest BCUT2D eigenvalue weighted by atomic mass is 10.3. The Kier molecular flexibility index (Phi) is 8.41. The Bertz CT molecular complexity index is 326. The van der Waals surface area contributed by atoms with Crippen LogP contribution in [-0.4, -0.2) is 23.1 Å². The maximum absolute atomic E-state index is 10.6. The van der Waals surface area contributed by atoms with Gasteiger partial charge in [-0.25, -0.2) is 9.59 Å². The molecule has 88 valence electrons. The minimum Gasteiger partial charge on any atom is -0.478 e. The number of hydrogen-bond acceptors (Lipinski definition) is 4. The average molecular weight is 225 g/mol. The number of nitriles is 1. The zero-order valence-corrected chi connectivity index (χ0v) is 9.61. The first kappa shape index (κ1) is 16.3. The van der Waals surface area contributed by atoms with Crippen molar-refractivity contribution in [2.24, 2.45) is 0 Å².